The van der Waals surface area contributed by atoms with Gasteiger partial charge in [-0.25, -0.2) is 19.2 Å². The van der Waals surface area contributed by atoms with Crippen LogP contribution in [0.2, 0.25) is 0 Å². The Balaban J connectivity index is 2.14. The van der Waals surface area contributed by atoms with Gasteiger partial charge in [0.2, 0.25) is 0 Å². The van der Waals surface area contributed by atoms with E-state index in [9.17, 15) is 28.8 Å². The standard InChI is InChI=1S/C24H26O10/c1-3-5-6-8-14-19(24(30)34-20(14)26)18-13(7-4-2)11-15-16(22(28)33-21(15)27)12-17(25)31-9-10-32-23(18)29/h6,8,13,18H,3-5,7,9-12H2,1-2H3/b8-6+/t13-,18+/m0/s1. The van der Waals surface area contributed by atoms with E-state index in [1.165, 1.54) is 6.08 Å². The molecule has 0 saturated carbocycles. The van der Waals surface area contributed by atoms with Gasteiger partial charge in [-0.3, -0.25) is 9.59 Å². The number of ether oxygens (including phenoxy) is 4. The molecular formula is C24H26O10. The Morgan fingerprint density at radius 1 is 0.824 bits per heavy atom. The minimum atomic E-state index is -1.24. The topological polar surface area (TPSA) is 139 Å². The van der Waals surface area contributed by atoms with Crippen LogP contribution in [-0.4, -0.2) is 49.0 Å². The number of allylic oxidation sites excluding steroid dienone is 1. The highest BCUT2D eigenvalue weighted by atomic mass is 16.6. The zero-order chi connectivity index (χ0) is 24.8. The molecule has 0 unspecified atom stereocenters. The molecule has 0 aliphatic carbocycles. The van der Waals surface area contributed by atoms with Gasteiger partial charge in [0.05, 0.1) is 29.1 Å². The van der Waals surface area contributed by atoms with Crippen LogP contribution in [0.15, 0.2) is 34.4 Å². The monoisotopic (exact) mass is 474 g/mol. The number of unbranched alkanes of at least 4 members (excludes halogenated alkanes) is 1. The van der Waals surface area contributed by atoms with Crippen LogP contribution in [0.5, 0.6) is 0 Å². The summed E-state index contributed by atoms with van der Waals surface area (Å²) < 4.78 is 19.8. The minimum absolute atomic E-state index is 0.0423. The average Bonchev–Trinajstić information content (AvgIpc) is 3.20. The van der Waals surface area contributed by atoms with Gasteiger partial charge in [-0.1, -0.05) is 38.8 Å². The van der Waals surface area contributed by atoms with E-state index in [4.69, 9.17) is 18.9 Å². The third-order valence-corrected chi connectivity index (χ3v) is 5.77. The van der Waals surface area contributed by atoms with Crippen LogP contribution in [-0.2, 0) is 47.7 Å². The number of hydrogen-bond acceptors (Lipinski definition) is 10. The maximum absolute atomic E-state index is 13.2. The van der Waals surface area contributed by atoms with Gasteiger partial charge in [0.1, 0.15) is 13.2 Å². The lowest BCUT2D eigenvalue weighted by Crippen LogP contribution is -2.32. The van der Waals surface area contributed by atoms with Crippen molar-refractivity contribution in [1.82, 2.24) is 0 Å². The molecule has 0 radical (unpaired) electrons. The smallest absolute Gasteiger partial charge is 0.346 e. The van der Waals surface area contributed by atoms with Gasteiger partial charge in [0.15, 0.2) is 0 Å². The first-order valence-corrected chi connectivity index (χ1v) is 11.3. The lowest BCUT2D eigenvalue weighted by Gasteiger charge is -2.26. The molecule has 0 spiro atoms. The highest BCUT2D eigenvalue weighted by Crippen LogP contribution is 2.39. The van der Waals surface area contributed by atoms with Crippen LogP contribution < -0.4 is 0 Å². The van der Waals surface area contributed by atoms with Crippen molar-refractivity contribution in [2.24, 2.45) is 11.8 Å². The Morgan fingerprint density at radius 3 is 2.21 bits per heavy atom. The molecule has 3 aliphatic rings. The molecule has 10 nitrogen and oxygen atoms in total. The Bertz CT molecular complexity index is 1010. The Hall–Kier alpha value is -3.56. The van der Waals surface area contributed by atoms with Crippen molar-refractivity contribution in [3.63, 3.8) is 0 Å². The van der Waals surface area contributed by atoms with Gasteiger partial charge in [-0.2, -0.15) is 0 Å². The normalized spacial score (nSPS) is 24.5. The van der Waals surface area contributed by atoms with Gasteiger partial charge in [0.25, 0.3) is 0 Å². The summed E-state index contributed by atoms with van der Waals surface area (Å²) in [4.78, 5) is 75.0. The van der Waals surface area contributed by atoms with E-state index < -0.39 is 54.1 Å². The van der Waals surface area contributed by atoms with Gasteiger partial charge < -0.3 is 18.9 Å². The number of cyclic esters (lactones) is 6. The maximum atomic E-state index is 13.2. The second-order valence-electron chi connectivity index (χ2n) is 8.12. The van der Waals surface area contributed by atoms with E-state index in [0.29, 0.717) is 19.3 Å². The molecule has 0 fully saturated rings. The Morgan fingerprint density at radius 2 is 1.50 bits per heavy atom. The molecule has 2 atom stereocenters. The van der Waals surface area contributed by atoms with Crippen molar-refractivity contribution in [3.8, 4) is 0 Å². The fourth-order valence-corrected chi connectivity index (χ4v) is 4.22. The van der Waals surface area contributed by atoms with Crippen molar-refractivity contribution >= 4 is 35.8 Å². The molecule has 3 rings (SSSR count). The molecule has 182 valence electrons. The quantitative estimate of drug-likeness (QED) is 0.319. The van der Waals surface area contributed by atoms with Crippen molar-refractivity contribution in [2.75, 3.05) is 13.2 Å². The third kappa shape index (κ3) is 5.32. The van der Waals surface area contributed by atoms with Crippen LogP contribution in [0, 0.1) is 11.8 Å². The van der Waals surface area contributed by atoms with E-state index in [-0.39, 0.29) is 41.9 Å². The fraction of sp³-hybridized carbons (Fsp3) is 0.500. The molecule has 0 aromatic carbocycles. The second-order valence-corrected chi connectivity index (χ2v) is 8.12. The SMILES string of the molecule is CCC/C=C/C1=C([C@@H]2C(=O)OCCOC(=O)CC3=C(C[C@@H]2CCC)C(=O)OC3=O)C(=O)OC1=O. The second kappa shape index (κ2) is 11.0. The third-order valence-electron chi connectivity index (χ3n) is 5.77. The van der Waals surface area contributed by atoms with Crippen LogP contribution in [0.3, 0.4) is 0 Å². The molecule has 0 aromatic rings. The summed E-state index contributed by atoms with van der Waals surface area (Å²) in [6.45, 7) is 3.22. The van der Waals surface area contributed by atoms with Crippen LogP contribution >= 0.6 is 0 Å². The van der Waals surface area contributed by atoms with Gasteiger partial charge in [-0.05, 0) is 25.2 Å². The first-order chi connectivity index (χ1) is 16.3. The molecule has 10 heteroatoms. The Labute approximate surface area is 195 Å². The fourth-order valence-electron chi connectivity index (χ4n) is 4.22. The molecule has 0 N–H and O–H groups in total. The molecule has 0 saturated heterocycles. The summed E-state index contributed by atoms with van der Waals surface area (Å²) in [6, 6.07) is 0. The van der Waals surface area contributed by atoms with E-state index >= 15 is 0 Å². The van der Waals surface area contributed by atoms with E-state index in [0.717, 1.165) is 6.42 Å². The van der Waals surface area contributed by atoms with Crippen molar-refractivity contribution in [1.29, 1.82) is 0 Å². The van der Waals surface area contributed by atoms with Crippen LogP contribution in [0.1, 0.15) is 52.4 Å². The lowest BCUT2D eigenvalue weighted by molar-refractivity contribution is -0.157. The predicted molar refractivity (Wildman–Crippen MR) is 113 cm³/mol. The van der Waals surface area contributed by atoms with Crippen molar-refractivity contribution in [2.45, 2.75) is 52.4 Å². The minimum Gasteiger partial charge on any atom is -0.462 e. The lowest BCUT2D eigenvalue weighted by atomic mass is 9.77. The predicted octanol–water partition coefficient (Wildman–Crippen LogP) is 2.02. The molecule has 0 amide bonds. The first-order valence-electron chi connectivity index (χ1n) is 11.3. The molecule has 3 aliphatic heterocycles. The first kappa shape index (κ1) is 25.1. The van der Waals surface area contributed by atoms with E-state index in [1.54, 1.807) is 6.08 Å². The summed E-state index contributed by atoms with van der Waals surface area (Å²) in [5.74, 6) is -7.23. The van der Waals surface area contributed by atoms with Gasteiger partial charge in [-0.15, -0.1) is 0 Å². The maximum Gasteiger partial charge on any atom is 0.346 e. The summed E-state index contributed by atoms with van der Waals surface area (Å²) >= 11 is 0. The highest BCUT2D eigenvalue weighted by Gasteiger charge is 2.46. The van der Waals surface area contributed by atoms with Crippen LogP contribution in [0.4, 0.5) is 0 Å². The summed E-state index contributed by atoms with van der Waals surface area (Å²) in [5.41, 5.74) is -0.375. The van der Waals surface area contributed by atoms with Crippen molar-refractivity contribution < 1.29 is 47.7 Å². The summed E-state index contributed by atoms with van der Waals surface area (Å²) in [6.07, 6.45) is 4.90. The number of carbonyl (C=O) groups is 6. The van der Waals surface area contributed by atoms with E-state index in [2.05, 4.69) is 0 Å². The van der Waals surface area contributed by atoms with E-state index in [1.807, 2.05) is 13.8 Å². The van der Waals surface area contributed by atoms with Gasteiger partial charge >= 0.3 is 35.8 Å². The zero-order valence-corrected chi connectivity index (χ0v) is 19.0. The summed E-state index contributed by atoms with van der Waals surface area (Å²) in [5, 5.41) is 0. The molecule has 0 aromatic heterocycles. The number of rotatable bonds is 6. The average molecular weight is 474 g/mol. The number of esters is 6. The zero-order valence-electron chi connectivity index (χ0n) is 19.0. The van der Waals surface area contributed by atoms with Crippen LogP contribution in [0.25, 0.3) is 0 Å². The van der Waals surface area contributed by atoms with Gasteiger partial charge in [0, 0.05) is 5.57 Å². The number of carbonyl (C=O) groups excluding carboxylic acids is 6. The largest absolute Gasteiger partial charge is 0.462 e. The molecule has 34 heavy (non-hydrogen) atoms. The highest BCUT2D eigenvalue weighted by molar-refractivity contribution is 6.16. The Kier molecular flexibility index (Phi) is 8.14. The number of hydrogen-bond donors (Lipinski definition) is 0. The molecule has 3 heterocycles. The molecular weight excluding hydrogens is 448 g/mol. The molecule has 0 bridgehead atoms. The van der Waals surface area contributed by atoms with Crippen molar-refractivity contribution in [3.05, 3.63) is 34.4 Å². The summed E-state index contributed by atoms with van der Waals surface area (Å²) in [7, 11) is 0.